The molecule has 0 aliphatic heterocycles. The number of hydrogen-bond acceptors (Lipinski definition) is 3. The van der Waals surface area contributed by atoms with Crippen LogP contribution in [0.15, 0.2) is 42.7 Å². The first-order valence-corrected chi connectivity index (χ1v) is 6.21. The molecule has 1 heterocycles. The number of aliphatic hydroxyl groups is 1. The number of rotatable bonds is 2. The predicted octanol–water partition coefficient (Wildman–Crippen LogP) is 1.84. The number of carbonyl (C=O) groups excluding carboxylic acids is 1. The fourth-order valence-corrected chi connectivity index (χ4v) is 1.78. The lowest BCUT2D eigenvalue weighted by atomic mass is 10.1. The second-order valence-corrected chi connectivity index (χ2v) is 4.22. The van der Waals surface area contributed by atoms with Gasteiger partial charge in [-0.3, -0.25) is 9.78 Å². The van der Waals surface area contributed by atoms with Crippen LogP contribution in [-0.2, 0) is 0 Å². The number of aromatic nitrogens is 1. The number of halogens is 1. The predicted molar refractivity (Wildman–Crippen MR) is 77.3 cm³/mol. The highest BCUT2D eigenvalue weighted by atomic mass is 19.1. The zero-order chi connectivity index (χ0) is 15.2. The van der Waals surface area contributed by atoms with Crippen molar-refractivity contribution >= 4 is 11.6 Å². The average Bonchev–Trinajstić information content (AvgIpc) is 2.52. The number of hydrogen-bond donors (Lipinski definition) is 1. The molecular weight excluding hydrogens is 271 g/mol. The summed E-state index contributed by atoms with van der Waals surface area (Å²) in [6.07, 6.45) is 2.96. The maximum absolute atomic E-state index is 12.9. The smallest absolute Gasteiger partial charge is 0.259 e. The summed E-state index contributed by atoms with van der Waals surface area (Å²) >= 11 is 0. The van der Waals surface area contributed by atoms with Crippen LogP contribution in [0.25, 0.3) is 0 Å². The third-order valence-electron chi connectivity index (χ3n) is 2.87. The molecule has 0 saturated carbocycles. The average molecular weight is 284 g/mol. The first kappa shape index (κ1) is 14.7. The van der Waals surface area contributed by atoms with Crippen LogP contribution in [0.1, 0.15) is 15.9 Å². The molecule has 0 aliphatic carbocycles. The zero-order valence-electron chi connectivity index (χ0n) is 11.4. The molecule has 5 heteroatoms. The largest absolute Gasteiger partial charge is 0.384 e. The van der Waals surface area contributed by atoms with Crippen LogP contribution in [0.5, 0.6) is 0 Å². The molecule has 1 aromatic carbocycles. The molecule has 0 spiro atoms. The summed E-state index contributed by atoms with van der Waals surface area (Å²) in [7, 11) is 1.60. The van der Waals surface area contributed by atoms with Crippen LogP contribution < -0.4 is 4.90 Å². The Balaban J connectivity index is 2.33. The molecular formula is C16H13FN2O2. The maximum atomic E-state index is 12.9. The van der Waals surface area contributed by atoms with Gasteiger partial charge in [0, 0.05) is 25.1 Å². The van der Waals surface area contributed by atoms with E-state index in [0.29, 0.717) is 16.8 Å². The molecule has 0 bridgehead atoms. The van der Waals surface area contributed by atoms with Crippen molar-refractivity contribution in [3.8, 4) is 11.8 Å². The summed E-state index contributed by atoms with van der Waals surface area (Å²) in [6.45, 7) is -0.295. The summed E-state index contributed by atoms with van der Waals surface area (Å²) in [5.74, 6) is 4.53. The van der Waals surface area contributed by atoms with Gasteiger partial charge in [-0.2, -0.15) is 0 Å². The highest BCUT2D eigenvalue weighted by Gasteiger charge is 2.16. The van der Waals surface area contributed by atoms with E-state index >= 15 is 0 Å². The first-order chi connectivity index (χ1) is 10.1. The van der Waals surface area contributed by atoms with Gasteiger partial charge < -0.3 is 10.0 Å². The van der Waals surface area contributed by atoms with Crippen LogP contribution in [0.4, 0.5) is 10.1 Å². The Morgan fingerprint density at radius 2 is 2.05 bits per heavy atom. The van der Waals surface area contributed by atoms with Gasteiger partial charge in [-0.25, -0.2) is 4.39 Å². The molecule has 4 nitrogen and oxygen atoms in total. The monoisotopic (exact) mass is 284 g/mol. The second kappa shape index (κ2) is 6.64. The molecule has 0 radical (unpaired) electrons. The van der Waals surface area contributed by atoms with Gasteiger partial charge in [0.15, 0.2) is 0 Å². The lowest BCUT2D eigenvalue weighted by Crippen LogP contribution is -2.27. The number of pyridine rings is 1. The van der Waals surface area contributed by atoms with E-state index in [1.54, 1.807) is 13.1 Å². The molecule has 1 aromatic heterocycles. The molecule has 0 atom stereocenters. The summed E-state index contributed by atoms with van der Waals surface area (Å²) in [6, 6.07) is 7.18. The van der Waals surface area contributed by atoms with E-state index in [9.17, 15) is 9.18 Å². The maximum Gasteiger partial charge on any atom is 0.259 e. The molecule has 2 rings (SSSR count). The Kier molecular flexibility index (Phi) is 4.64. The normalized spacial score (nSPS) is 9.67. The molecule has 1 amide bonds. The summed E-state index contributed by atoms with van der Waals surface area (Å²) in [5, 5.41) is 8.75. The SMILES string of the molecule is CN(C(=O)c1ccncc1C#CCO)c1ccc(F)cc1. The summed E-state index contributed by atoms with van der Waals surface area (Å²) in [4.78, 5) is 17.8. The van der Waals surface area contributed by atoms with Crippen molar-refractivity contribution in [3.63, 3.8) is 0 Å². The van der Waals surface area contributed by atoms with Crippen LogP contribution >= 0.6 is 0 Å². The van der Waals surface area contributed by atoms with Crippen molar-refractivity contribution in [1.29, 1.82) is 0 Å². The van der Waals surface area contributed by atoms with Crippen molar-refractivity contribution < 1.29 is 14.3 Å². The number of carbonyl (C=O) groups is 1. The molecule has 106 valence electrons. The number of nitrogens with zero attached hydrogens (tertiary/aromatic N) is 2. The number of benzene rings is 1. The molecule has 0 fully saturated rings. The second-order valence-electron chi connectivity index (χ2n) is 4.22. The quantitative estimate of drug-likeness (QED) is 0.856. The van der Waals surface area contributed by atoms with E-state index < -0.39 is 0 Å². The Morgan fingerprint density at radius 3 is 2.71 bits per heavy atom. The first-order valence-electron chi connectivity index (χ1n) is 6.21. The lowest BCUT2D eigenvalue weighted by Gasteiger charge is -2.18. The summed E-state index contributed by atoms with van der Waals surface area (Å²) in [5.41, 5.74) is 1.38. The zero-order valence-corrected chi connectivity index (χ0v) is 11.4. The van der Waals surface area contributed by atoms with Gasteiger partial charge in [0.05, 0.1) is 11.1 Å². The van der Waals surface area contributed by atoms with Crippen molar-refractivity contribution in [1.82, 2.24) is 4.98 Å². The van der Waals surface area contributed by atoms with Crippen molar-refractivity contribution in [2.45, 2.75) is 0 Å². The van der Waals surface area contributed by atoms with Crippen molar-refractivity contribution in [2.75, 3.05) is 18.6 Å². The van der Waals surface area contributed by atoms with Crippen molar-refractivity contribution in [3.05, 3.63) is 59.7 Å². The van der Waals surface area contributed by atoms with E-state index in [4.69, 9.17) is 5.11 Å². The molecule has 0 aliphatic rings. The minimum Gasteiger partial charge on any atom is -0.384 e. The Labute approximate surface area is 121 Å². The van der Waals surface area contributed by atoms with E-state index in [1.807, 2.05) is 0 Å². The van der Waals surface area contributed by atoms with Gasteiger partial charge >= 0.3 is 0 Å². The Morgan fingerprint density at radius 1 is 1.33 bits per heavy atom. The fraction of sp³-hybridized carbons (Fsp3) is 0.125. The van der Waals surface area contributed by atoms with Crippen LogP contribution in [0.3, 0.4) is 0 Å². The van der Waals surface area contributed by atoms with Crippen molar-refractivity contribution in [2.24, 2.45) is 0 Å². The molecule has 2 aromatic rings. The standard InChI is InChI=1S/C16H13FN2O2/c1-19(14-6-4-13(17)5-7-14)16(21)15-8-9-18-11-12(15)3-2-10-20/h4-9,11,20H,10H2,1H3. The van der Waals surface area contributed by atoms with E-state index in [1.165, 1.54) is 41.6 Å². The van der Waals surface area contributed by atoms with Crippen LogP contribution in [0, 0.1) is 17.7 Å². The lowest BCUT2D eigenvalue weighted by molar-refractivity contribution is 0.0992. The van der Waals surface area contributed by atoms with Gasteiger partial charge in [0.25, 0.3) is 5.91 Å². The van der Waals surface area contributed by atoms with Crippen LogP contribution in [0.2, 0.25) is 0 Å². The van der Waals surface area contributed by atoms with Gasteiger partial charge in [-0.05, 0) is 30.3 Å². The van der Waals surface area contributed by atoms with Gasteiger partial charge in [-0.1, -0.05) is 11.8 Å². The molecule has 0 saturated heterocycles. The molecule has 21 heavy (non-hydrogen) atoms. The van der Waals surface area contributed by atoms with E-state index in [-0.39, 0.29) is 18.3 Å². The third kappa shape index (κ3) is 3.44. The topological polar surface area (TPSA) is 53.4 Å². The Hall–Kier alpha value is -2.71. The summed E-state index contributed by atoms with van der Waals surface area (Å²) < 4.78 is 12.9. The number of amides is 1. The van der Waals surface area contributed by atoms with E-state index in [0.717, 1.165) is 0 Å². The molecule has 0 unspecified atom stereocenters. The van der Waals surface area contributed by atoms with Crippen LogP contribution in [-0.4, -0.2) is 29.7 Å². The third-order valence-corrected chi connectivity index (χ3v) is 2.87. The van der Waals surface area contributed by atoms with E-state index in [2.05, 4.69) is 16.8 Å². The highest BCUT2D eigenvalue weighted by Crippen LogP contribution is 2.17. The Bertz CT molecular complexity index is 702. The fourth-order valence-electron chi connectivity index (χ4n) is 1.78. The minimum atomic E-state index is -0.363. The molecule has 1 N–H and O–H groups in total. The highest BCUT2D eigenvalue weighted by molar-refractivity contribution is 6.07. The minimum absolute atomic E-state index is 0.286. The van der Waals surface area contributed by atoms with Gasteiger partial charge in [0.1, 0.15) is 12.4 Å². The number of anilines is 1. The number of aliphatic hydroxyl groups excluding tert-OH is 1. The van der Waals surface area contributed by atoms with Gasteiger partial charge in [-0.15, -0.1) is 0 Å². The van der Waals surface area contributed by atoms with Gasteiger partial charge in [0.2, 0.25) is 0 Å².